The van der Waals surface area contributed by atoms with E-state index < -0.39 is 141 Å². The third-order valence-electron chi connectivity index (χ3n) is 17.1. The van der Waals surface area contributed by atoms with E-state index >= 15 is 0 Å². The van der Waals surface area contributed by atoms with Crippen LogP contribution in [0.25, 0.3) is 0 Å². The topological polar surface area (TPSA) is 693 Å². The summed E-state index contributed by atoms with van der Waals surface area (Å²) >= 11 is 0. The Kier molecular flexibility index (Phi) is 41.9. The molecule has 44 nitrogen and oxygen atoms in total. The van der Waals surface area contributed by atoms with Crippen LogP contribution in [0.4, 0.5) is 0 Å². The fraction of sp³-hybridized carbons (Fsp3) is 1.00. The van der Waals surface area contributed by atoms with Crippen molar-refractivity contribution in [3.8, 4) is 0 Å². The predicted molar refractivity (Wildman–Crippen MR) is 407 cm³/mol. The van der Waals surface area contributed by atoms with Crippen molar-refractivity contribution in [1.29, 1.82) is 0 Å². The maximum atomic E-state index is 10.0. The molecule has 8 bridgehead atoms. The van der Waals surface area contributed by atoms with Crippen LogP contribution in [0, 0.1) is 0 Å². The Morgan fingerprint density at radius 2 is 0.243 bits per heavy atom. The van der Waals surface area contributed by atoms with Gasteiger partial charge in [-0.15, -0.1) is 0 Å². The van der Waals surface area contributed by atoms with Crippen LogP contribution in [-0.4, -0.2) is 361 Å². The molecule has 0 aromatic carbocycles. The van der Waals surface area contributed by atoms with Crippen LogP contribution in [0.5, 0.6) is 0 Å². The van der Waals surface area contributed by atoms with Crippen molar-refractivity contribution in [3.63, 3.8) is 0 Å². The molecule has 634 valence electrons. The van der Waals surface area contributed by atoms with E-state index in [1.807, 2.05) is 0 Å². The highest BCUT2D eigenvalue weighted by molar-refractivity contribution is 7.03. The second-order valence-corrected chi connectivity index (χ2v) is 69.3. The predicted octanol–water partition coefficient (Wildman–Crippen LogP) is -10.3. The largest absolute Gasteiger partial charge is 0.494 e. The van der Waals surface area contributed by atoms with Crippen molar-refractivity contribution < 1.29 is 164 Å². The van der Waals surface area contributed by atoms with E-state index in [9.17, 15) is 115 Å². The second kappa shape index (κ2) is 45.2. The molecule has 6 aliphatic rings. The van der Waals surface area contributed by atoms with Gasteiger partial charge in [-0.3, -0.25) is 0 Å². The van der Waals surface area contributed by atoms with Gasteiger partial charge < -0.3 is 207 Å². The summed E-state index contributed by atoms with van der Waals surface area (Å²) in [6, 6.07) is -2.87. The molecule has 0 unspecified atom stereocenters. The zero-order valence-electron chi connectivity index (χ0n) is 60.9. The van der Waals surface area contributed by atoms with E-state index in [1.54, 1.807) is 0 Å². The minimum absolute atomic E-state index is 0.0386. The van der Waals surface area contributed by atoms with E-state index in [-0.39, 0.29) is 298 Å². The lowest BCUT2D eigenvalue weighted by atomic mass is 10.4. The number of hydrogen-bond acceptors (Lipinski definition) is 44. The summed E-state index contributed by atoms with van der Waals surface area (Å²) in [6.07, 6.45) is 2.64. The molecule has 0 amide bonds. The molecule has 0 atom stereocenters. The zero-order chi connectivity index (χ0) is 79.4. The van der Waals surface area contributed by atoms with Gasteiger partial charge in [0.1, 0.15) is 0 Å². The Morgan fingerprint density at radius 3 is 0.355 bits per heavy atom. The molecule has 0 spiro atoms. The van der Waals surface area contributed by atoms with Crippen LogP contribution in [0.15, 0.2) is 0 Å². The van der Waals surface area contributed by atoms with Crippen LogP contribution < -0.4 is 42.5 Å². The monoisotopic (exact) mass is 1830 g/mol. The summed E-state index contributed by atoms with van der Waals surface area (Å²) in [6.45, 7) is 3.07. The molecule has 6 aliphatic heterocycles. The van der Waals surface area contributed by atoms with Crippen molar-refractivity contribution in [2.75, 3.05) is 105 Å². The fourth-order valence-corrected chi connectivity index (χ4v) is 67.9. The summed E-state index contributed by atoms with van der Waals surface area (Å²) < 4.78 is 95.4. The SMILES string of the molecule is O[Si](O)(O)CCCNCCC[Si]12O[Si]3(CCCNCCC[Si](O)(O)O)O[Si]4(CCCNCCC[Si](O)(O)O)O[Si](CCCNCCC[Si](O)(O)O)(O1)O[Si]1(CCCNCCC[Si](O)(O)O)O[Si](CCCNCCC[Si](O)(O)O)(O2)O[Si](CCCNCCC[Si](O)(O)O)(O3)O[Si](CCCNCC[Si](O)(O)O)(O4)O1. The highest BCUT2D eigenvalue weighted by atomic mass is 28.6. The molecule has 6 rings (SSSR count). The Morgan fingerprint density at radius 1 is 0.140 bits per heavy atom. The van der Waals surface area contributed by atoms with Gasteiger partial charge >= 0.3 is 141 Å². The zero-order valence-corrected chi connectivity index (χ0v) is 76.9. The number of nitrogens with one attached hydrogen (secondary N) is 8. The number of rotatable bonds is 63. The van der Waals surface area contributed by atoms with Crippen LogP contribution in [-0.2, 0) is 49.4 Å². The molecule has 0 aliphatic carbocycles. The van der Waals surface area contributed by atoms with Gasteiger partial charge in [0.25, 0.3) is 0 Å². The third kappa shape index (κ3) is 42.3. The average molecular weight is 1830 g/mol. The van der Waals surface area contributed by atoms with E-state index in [0.717, 1.165) is 0 Å². The molecule has 60 heteroatoms. The van der Waals surface area contributed by atoms with Crippen molar-refractivity contribution in [1.82, 2.24) is 42.5 Å². The maximum Gasteiger partial charge on any atom is 0.494 e. The Labute approximate surface area is 641 Å². The van der Waals surface area contributed by atoms with Crippen LogP contribution in [0.3, 0.4) is 0 Å². The standard InChI is InChI=1S/C47H126N8O36Si16/c56-92(57,58)32-1-16-48-23-8-39-100-80-101(40-9-24-49-17-2-33-93(59,60)61)83-104(43-12-27-52-20-5-36-96(68,69)70)85-102(81-100,41-10-25-50-18-3-34-94(62,63)64)87-106(45-14-29-54-22-7-38-98(74,75)76)88-103(82-100,42-11-26-51-19-4-35-95(65,66)67)86-105(84-101,44-13-28-53-21-6-37-97(71,72)73)90-107(89-104,91-106)46-15-30-55-31-47-99(77,78)79/h48-79H,1-47H2. The van der Waals surface area contributed by atoms with Gasteiger partial charge in [-0.25, -0.2) is 0 Å². The lowest BCUT2D eigenvalue weighted by Gasteiger charge is -2.63. The molecule has 6 fully saturated rings. The molecule has 32 N–H and O–H groups in total. The highest BCUT2D eigenvalue weighted by Crippen LogP contribution is 2.55. The maximum absolute atomic E-state index is 10.0. The first-order valence-electron chi connectivity index (χ1n) is 37.1. The van der Waals surface area contributed by atoms with Crippen molar-refractivity contribution in [2.24, 2.45) is 0 Å². The molecule has 6 heterocycles. The van der Waals surface area contributed by atoms with E-state index in [4.69, 9.17) is 49.4 Å². The summed E-state index contributed by atoms with van der Waals surface area (Å²) in [5.74, 6) is 0. The molecule has 107 heavy (non-hydrogen) atoms. The van der Waals surface area contributed by atoms with Gasteiger partial charge in [-0.05, 0) is 201 Å². The number of hydrogen-bond donors (Lipinski definition) is 32. The second-order valence-electron chi connectivity index (χ2n) is 28.2. The summed E-state index contributed by atoms with van der Waals surface area (Å²) in [7, 11) is -74.1. The minimum atomic E-state index is -4.84. The lowest BCUT2D eigenvalue weighted by Crippen LogP contribution is -2.88. The quantitative estimate of drug-likeness (QED) is 0.0199. The van der Waals surface area contributed by atoms with Crippen LogP contribution in [0.2, 0.25) is 96.7 Å². The smallest absolute Gasteiger partial charge is 0.390 e. The first-order chi connectivity index (χ1) is 49.6. The first kappa shape index (κ1) is 99.3. The molecule has 6 saturated heterocycles. The van der Waals surface area contributed by atoms with E-state index in [1.165, 1.54) is 0 Å². The summed E-state index contributed by atoms with van der Waals surface area (Å²) in [5.41, 5.74) is 0. The minimum Gasteiger partial charge on any atom is -0.390 e. The molecular weight excluding hydrogens is 1700 g/mol. The molecule has 0 aromatic heterocycles. The fourth-order valence-electron chi connectivity index (χ4n) is 12.4. The molecule has 0 radical (unpaired) electrons. The van der Waals surface area contributed by atoms with Gasteiger partial charge in [0.2, 0.25) is 0 Å². The first-order valence-corrected chi connectivity index (χ1v) is 68.9. The Balaban J connectivity index is 1.86. The van der Waals surface area contributed by atoms with E-state index in [2.05, 4.69) is 42.5 Å². The van der Waals surface area contributed by atoms with E-state index in [0.29, 0.717) is 0 Å². The molecule has 0 aromatic rings. The van der Waals surface area contributed by atoms with Crippen LogP contribution >= 0.6 is 0 Å². The van der Waals surface area contributed by atoms with Crippen LogP contribution in [0.1, 0.15) is 96.3 Å². The Hall–Kier alpha value is 1.71. The van der Waals surface area contributed by atoms with Crippen molar-refractivity contribution in [3.05, 3.63) is 0 Å². The van der Waals surface area contributed by atoms with Crippen molar-refractivity contribution >= 4 is 141 Å². The normalized spacial score (nSPS) is 27.5. The Bertz CT molecular complexity index is 2260. The molecule has 0 saturated carbocycles. The van der Waals surface area contributed by atoms with Gasteiger partial charge in [0.05, 0.1) is 0 Å². The lowest BCUT2D eigenvalue weighted by molar-refractivity contribution is -0.0314. The van der Waals surface area contributed by atoms with Gasteiger partial charge in [0, 0.05) is 96.7 Å². The van der Waals surface area contributed by atoms with Gasteiger partial charge in [0.15, 0.2) is 0 Å². The average Bonchev–Trinajstić information content (AvgIpc) is 0.687. The van der Waals surface area contributed by atoms with Gasteiger partial charge in [-0.2, -0.15) is 0 Å². The highest BCUT2D eigenvalue weighted by Gasteiger charge is 2.83. The molecular formula is C47H126N8O36Si16. The summed E-state index contributed by atoms with van der Waals surface area (Å²) in [4.78, 5) is 237. The third-order valence-corrected chi connectivity index (χ3v) is 62.8. The summed E-state index contributed by atoms with van der Waals surface area (Å²) in [5, 5.41) is 26.2. The van der Waals surface area contributed by atoms with Crippen molar-refractivity contribution in [2.45, 2.75) is 193 Å². The van der Waals surface area contributed by atoms with Gasteiger partial charge in [-0.1, -0.05) is 0 Å².